The molecule has 5 nitrogen and oxygen atoms in total. The van der Waals surface area contributed by atoms with Crippen molar-refractivity contribution in [3.05, 3.63) is 70.3 Å². The minimum atomic E-state index is -0.313. The highest BCUT2D eigenvalue weighted by molar-refractivity contribution is 7.98. The fraction of sp³-hybridized carbons (Fsp3) is 0.483. The molecule has 0 saturated heterocycles. The van der Waals surface area contributed by atoms with Crippen molar-refractivity contribution in [3.8, 4) is 5.69 Å². The quantitative estimate of drug-likeness (QED) is 0.327. The first-order valence-corrected chi connectivity index (χ1v) is 14.6. The number of thioether (sulfide) groups is 1. The van der Waals surface area contributed by atoms with E-state index in [0.29, 0.717) is 39.5 Å². The Morgan fingerprint density at radius 2 is 1.76 bits per heavy atom. The van der Waals surface area contributed by atoms with Crippen LogP contribution in [0.5, 0.6) is 0 Å². The largest absolute Gasteiger partial charge is 0.346 e. The van der Waals surface area contributed by atoms with Gasteiger partial charge in [0.1, 0.15) is 5.82 Å². The van der Waals surface area contributed by atoms with E-state index in [0.717, 1.165) is 36.1 Å². The zero-order valence-corrected chi connectivity index (χ0v) is 22.8. The highest BCUT2D eigenvalue weighted by Gasteiger charge is 2.54. The number of halogens is 2. The van der Waals surface area contributed by atoms with Gasteiger partial charge in [-0.2, -0.15) is 0 Å². The molecule has 4 saturated carbocycles. The summed E-state index contributed by atoms with van der Waals surface area (Å²) in [5.74, 6) is 3.35. The van der Waals surface area contributed by atoms with E-state index >= 15 is 0 Å². The molecule has 1 N–H and O–H groups in total. The monoisotopic (exact) mass is 538 g/mol. The topological polar surface area (TPSA) is 59.8 Å². The van der Waals surface area contributed by atoms with E-state index in [2.05, 4.69) is 15.5 Å². The second-order valence-corrected chi connectivity index (χ2v) is 12.8. The average molecular weight is 539 g/mol. The predicted octanol–water partition coefficient (Wildman–Crippen LogP) is 7.05. The molecular formula is C29H32ClFN4OS. The molecule has 4 bridgehead atoms. The highest BCUT2D eigenvalue weighted by Crippen LogP contribution is 2.60. The molecule has 0 spiro atoms. The standard InChI is InChI=1S/C29H32ClFN4OS/c1-17-3-6-23(30)12-25(17)35-26(33-34-28(35)37-16-19-4-7-24(31)8-5-19)18(2)32-27(36)29-13-20-9-21(14-29)11-22(10-20)15-29/h3-8,12,18,20-22H,9-11,13-16H2,1-2H3,(H,32,36). The number of aromatic nitrogens is 3. The Kier molecular flexibility index (Phi) is 6.56. The molecule has 1 heterocycles. The Bertz CT molecular complexity index is 1290. The van der Waals surface area contributed by atoms with E-state index in [4.69, 9.17) is 11.6 Å². The van der Waals surface area contributed by atoms with Crippen LogP contribution >= 0.6 is 23.4 Å². The number of nitrogens with one attached hydrogen (secondary N) is 1. The Labute approximate surface area is 226 Å². The summed E-state index contributed by atoms with van der Waals surface area (Å²) in [5, 5.41) is 13.8. The molecule has 2 aromatic carbocycles. The van der Waals surface area contributed by atoms with Gasteiger partial charge in [0.15, 0.2) is 11.0 Å². The van der Waals surface area contributed by atoms with Gasteiger partial charge in [0.05, 0.1) is 11.7 Å². The van der Waals surface area contributed by atoms with Crippen molar-refractivity contribution >= 4 is 29.3 Å². The number of rotatable bonds is 7. The van der Waals surface area contributed by atoms with Gasteiger partial charge in [-0.25, -0.2) is 4.39 Å². The lowest BCUT2D eigenvalue weighted by molar-refractivity contribution is -0.147. The van der Waals surface area contributed by atoms with Crippen LogP contribution in [0, 0.1) is 35.9 Å². The van der Waals surface area contributed by atoms with Gasteiger partial charge in [-0.3, -0.25) is 9.36 Å². The number of amides is 1. The maximum absolute atomic E-state index is 13.8. The van der Waals surface area contributed by atoms with Gasteiger partial charge in [-0.05, 0) is 106 Å². The summed E-state index contributed by atoms with van der Waals surface area (Å²) in [6, 6.07) is 11.9. The van der Waals surface area contributed by atoms with Crippen LogP contribution in [0.1, 0.15) is 68.4 Å². The molecule has 0 aliphatic heterocycles. The van der Waals surface area contributed by atoms with Gasteiger partial charge in [-0.15, -0.1) is 10.2 Å². The maximum Gasteiger partial charge on any atom is 0.226 e. The molecule has 37 heavy (non-hydrogen) atoms. The Hall–Kier alpha value is -2.38. The number of carbonyl (C=O) groups excluding carboxylic acids is 1. The second kappa shape index (κ2) is 9.73. The van der Waals surface area contributed by atoms with E-state index in [1.165, 1.54) is 43.2 Å². The number of hydrogen-bond acceptors (Lipinski definition) is 4. The van der Waals surface area contributed by atoms with Gasteiger partial charge in [-0.1, -0.05) is 41.6 Å². The number of benzene rings is 2. The first-order valence-electron chi connectivity index (χ1n) is 13.2. The van der Waals surface area contributed by atoms with E-state index in [9.17, 15) is 9.18 Å². The van der Waals surface area contributed by atoms with Crippen LogP contribution in [0.15, 0.2) is 47.6 Å². The van der Waals surface area contributed by atoms with Crippen molar-refractivity contribution in [2.45, 2.75) is 69.3 Å². The number of aryl methyl sites for hydroxylation is 1. The van der Waals surface area contributed by atoms with E-state index in [-0.39, 0.29) is 23.2 Å². The van der Waals surface area contributed by atoms with Crippen molar-refractivity contribution in [1.29, 1.82) is 0 Å². The van der Waals surface area contributed by atoms with Crippen molar-refractivity contribution < 1.29 is 9.18 Å². The van der Waals surface area contributed by atoms with Crippen molar-refractivity contribution in [2.24, 2.45) is 23.2 Å². The predicted molar refractivity (Wildman–Crippen MR) is 144 cm³/mol. The second-order valence-electron chi connectivity index (χ2n) is 11.4. The number of nitrogens with zero attached hydrogens (tertiary/aromatic N) is 3. The van der Waals surface area contributed by atoms with Gasteiger partial charge in [0, 0.05) is 16.2 Å². The molecule has 8 heteroatoms. The molecule has 1 amide bonds. The summed E-state index contributed by atoms with van der Waals surface area (Å²) in [5.41, 5.74) is 2.70. The lowest BCUT2D eigenvalue weighted by atomic mass is 9.49. The molecule has 1 atom stereocenters. The Balaban J connectivity index is 1.28. The normalized spacial score (nSPS) is 26.9. The molecule has 4 aliphatic carbocycles. The van der Waals surface area contributed by atoms with Crippen molar-refractivity contribution in [1.82, 2.24) is 20.1 Å². The summed E-state index contributed by atoms with van der Waals surface area (Å²) in [6.07, 6.45) is 6.99. The van der Waals surface area contributed by atoms with Crippen LogP contribution in [0.25, 0.3) is 5.69 Å². The summed E-state index contributed by atoms with van der Waals surface area (Å²) >= 11 is 7.93. The lowest BCUT2D eigenvalue weighted by Crippen LogP contribution is -2.54. The zero-order chi connectivity index (χ0) is 25.7. The third kappa shape index (κ3) is 4.81. The van der Waals surface area contributed by atoms with Crippen LogP contribution in [-0.4, -0.2) is 20.7 Å². The smallest absolute Gasteiger partial charge is 0.226 e. The molecule has 1 aromatic heterocycles. The minimum absolute atomic E-state index is 0.178. The molecule has 3 aromatic rings. The maximum atomic E-state index is 13.8. The molecule has 0 radical (unpaired) electrons. The van der Waals surface area contributed by atoms with E-state index in [1.807, 2.05) is 36.6 Å². The average Bonchev–Trinajstić information content (AvgIpc) is 3.28. The summed E-state index contributed by atoms with van der Waals surface area (Å²) in [7, 11) is 0. The van der Waals surface area contributed by atoms with Gasteiger partial charge >= 0.3 is 0 Å². The van der Waals surface area contributed by atoms with E-state index in [1.54, 1.807) is 12.1 Å². The van der Waals surface area contributed by atoms with Gasteiger partial charge in [0.25, 0.3) is 0 Å². The van der Waals surface area contributed by atoms with Crippen molar-refractivity contribution in [3.63, 3.8) is 0 Å². The summed E-state index contributed by atoms with van der Waals surface area (Å²) < 4.78 is 15.4. The first kappa shape index (κ1) is 24.9. The fourth-order valence-electron chi connectivity index (χ4n) is 7.24. The third-order valence-corrected chi connectivity index (χ3v) is 9.84. The molecule has 194 valence electrons. The number of hydrogen-bond donors (Lipinski definition) is 1. The summed E-state index contributed by atoms with van der Waals surface area (Å²) in [6.45, 7) is 4.02. The van der Waals surface area contributed by atoms with Crippen molar-refractivity contribution in [2.75, 3.05) is 0 Å². The highest BCUT2D eigenvalue weighted by atomic mass is 35.5. The molecule has 7 rings (SSSR count). The fourth-order valence-corrected chi connectivity index (χ4v) is 8.31. The molecular weight excluding hydrogens is 507 g/mol. The first-order chi connectivity index (χ1) is 17.8. The van der Waals surface area contributed by atoms with Gasteiger partial charge in [0.2, 0.25) is 5.91 Å². The number of carbonyl (C=O) groups is 1. The SMILES string of the molecule is Cc1ccc(Cl)cc1-n1c(SCc2ccc(F)cc2)nnc1C(C)NC(=O)C12CC3CC(CC(C3)C1)C2. The Morgan fingerprint density at radius 3 is 2.41 bits per heavy atom. The molecule has 4 fully saturated rings. The molecule has 1 unspecified atom stereocenters. The van der Waals surface area contributed by atoms with Gasteiger partial charge < -0.3 is 5.32 Å². The zero-order valence-electron chi connectivity index (χ0n) is 21.2. The van der Waals surface area contributed by atoms with Crippen LogP contribution in [-0.2, 0) is 10.5 Å². The Morgan fingerprint density at radius 1 is 1.11 bits per heavy atom. The lowest BCUT2D eigenvalue weighted by Gasteiger charge is -2.55. The minimum Gasteiger partial charge on any atom is -0.346 e. The van der Waals surface area contributed by atoms with Crippen LogP contribution in [0.3, 0.4) is 0 Å². The molecule has 4 aliphatic rings. The van der Waals surface area contributed by atoms with E-state index < -0.39 is 0 Å². The van der Waals surface area contributed by atoms with Crippen LogP contribution < -0.4 is 5.32 Å². The summed E-state index contributed by atoms with van der Waals surface area (Å²) in [4.78, 5) is 13.8. The van der Waals surface area contributed by atoms with Crippen LogP contribution in [0.2, 0.25) is 5.02 Å². The third-order valence-electron chi connectivity index (χ3n) is 8.61. The van der Waals surface area contributed by atoms with Crippen LogP contribution in [0.4, 0.5) is 4.39 Å².